The fourth-order valence-corrected chi connectivity index (χ4v) is 4.06. The minimum Gasteiger partial charge on any atom is -0.493 e. The summed E-state index contributed by atoms with van der Waals surface area (Å²) in [5.74, 6) is 4.46. The Hall–Kier alpha value is -5.57. The van der Waals surface area contributed by atoms with E-state index in [0.717, 1.165) is 22.3 Å². The first-order chi connectivity index (χ1) is 22.2. The molecule has 264 valence electrons. The van der Waals surface area contributed by atoms with Crippen molar-refractivity contribution in [3.63, 3.8) is 0 Å². The molecule has 19 nitrogen and oxygen atoms in total. The lowest BCUT2D eigenvalue weighted by Gasteiger charge is -2.14. The number of nitrogen functional groups attached to an aromatic ring is 4. The molecular weight excluding hydrogens is 656 g/mol. The number of nitrogens with zero attached hydrogens (tertiary/aromatic N) is 4. The second-order valence-corrected chi connectivity index (χ2v) is 10.0. The predicted molar refractivity (Wildman–Crippen MR) is 177 cm³/mol. The average molecular weight is 697 g/mol. The van der Waals surface area contributed by atoms with Crippen LogP contribution in [-0.2, 0) is 23.2 Å². The lowest BCUT2D eigenvalue weighted by Crippen LogP contribution is -2.04. The van der Waals surface area contributed by atoms with E-state index in [4.69, 9.17) is 68.9 Å². The van der Waals surface area contributed by atoms with Crippen LogP contribution in [0.4, 0.5) is 23.5 Å². The van der Waals surface area contributed by atoms with E-state index in [1.807, 2.05) is 24.3 Å². The van der Waals surface area contributed by atoms with Gasteiger partial charge in [-0.1, -0.05) is 0 Å². The molecule has 0 atom stereocenters. The Morgan fingerprint density at radius 1 is 0.583 bits per heavy atom. The SMILES string of the molecule is COc1cc(Cc2cnc(N)nc2N)cc(OC)c1OC.COc1cc(Cc2cnc(N)nc2N)cc(OC)c1OC.O.O=S(=O)(O)O. The van der Waals surface area contributed by atoms with Gasteiger partial charge in [0, 0.05) is 36.4 Å². The molecule has 0 aliphatic rings. The molecule has 2 aromatic heterocycles. The number of benzene rings is 2. The zero-order valence-corrected chi connectivity index (χ0v) is 27.9. The third kappa shape index (κ3) is 12.0. The van der Waals surface area contributed by atoms with Crippen molar-refractivity contribution < 1.29 is 51.4 Å². The Bertz CT molecular complexity index is 1590. The second kappa shape index (κ2) is 18.5. The largest absolute Gasteiger partial charge is 0.493 e. The van der Waals surface area contributed by atoms with Crippen LogP contribution in [0.1, 0.15) is 22.3 Å². The third-order valence-corrected chi connectivity index (χ3v) is 6.07. The molecule has 48 heavy (non-hydrogen) atoms. The summed E-state index contributed by atoms with van der Waals surface area (Å²) in [5.41, 5.74) is 26.1. The molecule has 0 aliphatic carbocycles. The Morgan fingerprint density at radius 3 is 1.06 bits per heavy atom. The van der Waals surface area contributed by atoms with Gasteiger partial charge in [-0.2, -0.15) is 18.4 Å². The van der Waals surface area contributed by atoms with Gasteiger partial charge < -0.3 is 56.8 Å². The fraction of sp³-hybridized carbons (Fsp3) is 0.286. The van der Waals surface area contributed by atoms with Gasteiger partial charge in [-0.25, -0.2) is 9.97 Å². The summed E-state index contributed by atoms with van der Waals surface area (Å²) >= 11 is 0. The number of anilines is 4. The smallest absolute Gasteiger partial charge is 0.394 e. The highest BCUT2D eigenvalue weighted by molar-refractivity contribution is 7.79. The van der Waals surface area contributed by atoms with Crippen LogP contribution in [0.25, 0.3) is 0 Å². The molecule has 0 saturated heterocycles. The van der Waals surface area contributed by atoms with Crippen LogP contribution in [0, 0.1) is 0 Å². The molecule has 4 aromatic rings. The van der Waals surface area contributed by atoms with Crippen LogP contribution in [0.15, 0.2) is 36.7 Å². The summed E-state index contributed by atoms with van der Waals surface area (Å²) in [6.07, 6.45) is 4.29. The first-order valence-corrected chi connectivity index (χ1v) is 14.6. The topological polar surface area (TPSA) is 317 Å². The van der Waals surface area contributed by atoms with E-state index >= 15 is 0 Å². The van der Waals surface area contributed by atoms with E-state index in [1.54, 1.807) is 55.1 Å². The van der Waals surface area contributed by atoms with Gasteiger partial charge in [-0.3, -0.25) is 9.11 Å². The van der Waals surface area contributed by atoms with Crippen LogP contribution in [-0.4, -0.2) is 85.6 Å². The zero-order chi connectivity index (χ0) is 35.3. The molecule has 0 amide bonds. The summed E-state index contributed by atoms with van der Waals surface area (Å²) in [6, 6.07) is 7.43. The Kier molecular flexibility index (Phi) is 15.6. The van der Waals surface area contributed by atoms with Crippen LogP contribution >= 0.6 is 0 Å². The first-order valence-electron chi connectivity index (χ1n) is 13.2. The van der Waals surface area contributed by atoms with Crippen LogP contribution in [0.5, 0.6) is 34.5 Å². The minimum atomic E-state index is -4.67. The lowest BCUT2D eigenvalue weighted by molar-refractivity contribution is 0.324. The fourth-order valence-electron chi connectivity index (χ4n) is 4.06. The molecular formula is C28H40N8O11S. The number of methoxy groups -OCH3 is 6. The first kappa shape index (κ1) is 40.5. The highest BCUT2D eigenvalue weighted by Crippen LogP contribution is 2.40. The van der Waals surface area contributed by atoms with Crippen LogP contribution in [0.3, 0.4) is 0 Å². The summed E-state index contributed by atoms with van der Waals surface area (Å²) in [4.78, 5) is 15.8. The van der Waals surface area contributed by atoms with Gasteiger partial charge in [0.15, 0.2) is 23.0 Å². The van der Waals surface area contributed by atoms with Crippen molar-refractivity contribution in [3.8, 4) is 34.5 Å². The Balaban J connectivity index is 0.000000413. The number of nitrogens with two attached hydrogens (primary N) is 4. The van der Waals surface area contributed by atoms with Crippen molar-refractivity contribution in [2.75, 3.05) is 65.6 Å². The maximum atomic E-state index is 8.74. The number of hydrogen-bond donors (Lipinski definition) is 6. The summed E-state index contributed by atoms with van der Waals surface area (Å²) in [6.45, 7) is 0. The molecule has 4 rings (SSSR count). The minimum absolute atomic E-state index is 0. The molecule has 20 heteroatoms. The predicted octanol–water partition coefficient (Wildman–Crippen LogP) is 1.04. The molecule has 0 spiro atoms. The van der Waals surface area contributed by atoms with Gasteiger partial charge in [0.1, 0.15) is 11.6 Å². The van der Waals surface area contributed by atoms with Crippen molar-refractivity contribution >= 4 is 33.9 Å². The van der Waals surface area contributed by atoms with Gasteiger partial charge in [-0.15, -0.1) is 0 Å². The summed E-state index contributed by atoms with van der Waals surface area (Å²) in [7, 11) is 4.74. The zero-order valence-electron chi connectivity index (χ0n) is 27.0. The summed E-state index contributed by atoms with van der Waals surface area (Å²) in [5, 5.41) is 0. The second-order valence-electron chi connectivity index (χ2n) is 9.15. The van der Waals surface area contributed by atoms with E-state index in [2.05, 4.69) is 19.9 Å². The third-order valence-electron chi connectivity index (χ3n) is 6.07. The molecule has 0 radical (unpaired) electrons. The monoisotopic (exact) mass is 696 g/mol. The quantitative estimate of drug-likeness (QED) is 0.126. The number of ether oxygens (including phenoxy) is 6. The maximum Gasteiger partial charge on any atom is 0.394 e. The van der Waals surface area contributed by atoms with Gasteiger partial charge in [-0.05, 0) is 35.4 Å². The number of hydrogen-bond acceptors (Lipinski definition) is 16. The molecule has 0 aliphatic heterocycles. The van der Waals surface area contributed by atoms with Gasteiger partial charge in [0.25, 0.3) is 0 Å². The van der Waals surface area contributed by atoms with Crippen LogP contribution < -0.4 is 51.4 Å². The van der Waals surface area contributed by atoms with Crippen molar-refractivity contribution in [2.45, 2.75) is 12.8 Å². The van der Waals surface area contributed by atoms with E-state index in [9.17, 15) is 0 Å². The van der Waals surface area contributed by atoms with Crippen molar-refractivity contribution in [1.29, 1.82) is 0 Å². The Morgan fingerprint density at radius 2 is 0.854 bits per heavy atom. The van der Waals surface area contributed by atoms with E-state index in [1.165, 1.54) is 0 Å². The van der Waals surface area contributed by atoms with Crippen molar-refractivity contribution in [2.24, 2.45) is 0 Å². The van der Waals surface area contributed by atoms with Crippen molar-refractivity contribution in [1.82, 2.24) is 19.9 Å². The molecule has 0 saturated carbocycles. The summed E-state index contributed by atoms with van der Waals surface area (Å²) < 4.78 is 63.4. The maximum absolute atomic E-state index is 8.74. The van der Waals surface area contributed by atoms with E-state index in [-0.39, 0.29) is 17.4 Å². The molecule has 0 unspecified atom stereocenters. The normalized spacial score (nSPS) is 10.2. The molecule has 0 bridgehead atoms. The van der Waals surface area contributed by atoms with E-state index < -0.39 is 10.4 Å². The molecule has 12 N–H and O–H groups in total. The van der Waals surface area contributed by atoms with Crippen molar-refractivity contribution in [3.05, 3.63) is 58.9 Å². The lowest BCUT2D eigenvalue weighted by atomic mass is 10.1. The standard InChI is InChI=1S/2C14H18N4O3.H2O4S.H2O/c2*1-19-10-5-8(6-11(20-2)12(10)21-3)4-9-7-17-14(16)18-13(9)15;1-5(2,3)4;/h2*5-7H,4H2,1-3H3,(H4,15,16,17,18);(H2,1,2,3,4);1H2. The number of rotatable bonds is 10. The molecule has 2 aromatic carbocycles. The van der Waals surface area contributed by atoms with Crippen LogP contribution in [0.2, 0.25) is 0 Å². The molecule has 2 heterocycles. The Labute approximate surface area is 277 Å². The average Bonchev–Trinajstić information content (AvgIpc) is 3.02. The van der Waals surface area contributed by atoms with Gasteiger partial charge >= 0.3 is 10.4 Å². The number of aromatic nitrogens is 4. The molecule has 0 fully saturated rings. The highest BCUT2D eigenvalue weighted by atomic mass is 32.3. The van der Waals surface area contributed by atoms with Gasteiger partial charge in [0.2, 0.25) is 23.4 Å². The highest BCUT2D eigenvalue weighted by Gasteiger charge is 2.16. The van der Waals surface area contributed by atoms with E-state index in [0.29, 0.717) is 59.0 Å². The van der Waals surface area contributed by atoms with Gasteiger partial charge in [0.05, 0.1) is 42.7 Å².